The molecule has 2 atom stereocenters. The fraction of sp³-hybridized carbons (Fsp3) is 0.632. The first kappa shape index (κ1) is 18.4. The van der Waals surface area contributed by atoms with Crippen LogP contribution in [0, 0.1) is 0 Å². The lowest BCUT2D eigenvalue weighted by molar-refractivity contribution is -0.147. The average Bonchev–Trinajstić information content (AvgIpc) is 3.48. The third-order valence-corrected chi connectivity index (χ3v) is 6.50. The molecule has 0 N–H and O–H groups in total. The third-order valence-electron chi connectivity index (χ3n) is 5.64. The van der Waals surface area contributed by atoms with Gasteiger partial charge in [0.05, 0.1) is 4.88 Å². The molecule has 3 aliphatic rings. The van der Waals surface area contributed by atoms with Crippen molar-refractivity contribution in [3.05, 3.63) is 22.4 Å². The summed E-state index contributed by atoms with van der Waals surface area (Å²) >= 11 is 1.41. The van der Waals surface area contributed by atoms with Gasteiger partial charge < -0.3 is 19.4 Å². The summed E-state index contributed by atoms with van der Waals surface area (Å²) in [7, 11) is 0. The second-order valence-electron chi connectivity index (χ2n) is 7.29. The number of ether oxygens (including phenoxy) is 1. The summed E-state index contributed by atoms with van der Waals surface area (Å²) in [5, 5.41) is 1.88. The van der Waals surface area contributed by atoms with Gasteiger partial charge in [-0.2, -0.15) is 0 Å². The van der Waals surface area contributed by atoms with Gasteiger partial charge in [-0.1, -0.05) is 6.07 Å². The molecule has 7 nitrogen and oxygen atoms in total. The molecule has 4 heterocycles. The molecule has 146 valence electrons. The molecule has 0 bridgehead atoms. The van der Waals surface area contributed by atoms with Gasteiger partial charge in [-0.3, -0.25) is 14.4 Å². The monoisotopic (exact) mass is 391 g/mol. The van der Waals surface area contributed by atoms with Gasteiger partial charge in [0.2, 0.25) is 5.91 Å². The Morgan fingerprint density at radius 1 is 0.963 bits per heavy atom. The summed E-state index contributed by atoms with van der Waals surface area (Å²) in [5.74, 6) is 0.0182. The maximum absolute atomic E-state index is 13.0. The molecule has 0 radical (unpaired) electrons. The lowest BCUT2D eigenvalue weighted by Crippen LogP contribution is -2.56. The number of hydrogen-bond acceptors (Lipinski definition) is 5. The van der Waals surface area contributed by atoms with Crippen LogP contribution in [-0.4, -0.2) is 83.9 Å². The SMILES string of the molecule is O=C(C1CCCO1)N1CCN(C(=O)C2CCCN2C(=O)c2cccs2)CC1. The van der Waals surface area contributed by atoms with Crippen molar-refractivity contribution in [1.82, 2.24) is 14.7 Å². The van der Waals surface area contributed by atoms with E-state index < -0.39 is 0 Å². The summed E-state index contributed by atoms with van der Waals surface area (Å²) in [6.07, 6.45) is 2.99. The van der Waals surface area contributed by atoms with Crippen molar-refractivity contribution < 1.29 is 19.1 Å². The molecule has 0 aromatic carbocycles. The maximum Gasteiger partial charge on any atom is 0.264 e. The van der Waals surface area contributed by atoms with Gasteiger partial charge in [0.15, 0.2) is 0 Å². The van der Waals surface area contributed by atoms with Crippen LogP contribution in [0.1, 0.15) is 35.4 Å². The van der Waals surface area contributed by atoms with Gasteiger partial charge in [0.1, 0.15) is 12.1 Å². The molecule has 2 unspecified atom stereocenters. The van der Waals surface area contributed by atoms with Gasteiger partial charge in [-0.25, -0.2) is 0 Å². The first-order chi connectivity index (χ1) is 13.1. The number of nitrogens with zero attached hydrogens (tertiary/aromatic N) is 3. The summed E-state index contributed by atoms with van der Waals surface area (Å²) < 4.78 is 5.48. The van der Waals surface area contributed by atoms with E-state index in [9.17, 15) is 14.4 Å². The predicted molar refractivity (Wildman–Crippen MR) is 101 cm³/mol. The van der Waals surface area contributed by atoms with Crippen molar-refractivity contribution in [3.8, 4) is 0 Å². The Hall–Kier alpha value is -1.93. The predicted octanol–water partition coefficient (Wildman–Crippen LogP) is 1.20. The topological polar surface area (TPSA) is 70.2 Å². The molecule has 0 saturated carbocycles. The minimum absolute atomic E-state index is 0.0154. The Labute approximate surface area is 162 Å². The zero-order valence-electron chi connectivity index (χ0n) is 15.3. The van der Waals surface area contributed by atoms with E-state index in [1.54, 1.807) is 4.90 Å². The van der Waals surface area contributed by atoms with Gasteiger partial charge in [-0.15, -0.1) is 11.3 Å². The standard InChI is InChI=1S/C19H25N3O4S/c23-17(14-4-1-7-22(14)19(25)16-6-3-13-27-16)20-8-10-21(11-9-20)18(24)15-5-2-12-26-15/h3,6,13-15H,1-2,4-5,7-12H2. The van der Waals surface area contributed by atoms with Crippen molar-refractivity contribution in [3.63, 3.8) is 0 Å². The van der Waals surface area contributed by atoms with E-state index in [-0.39, 0.29) is 29.9 Å². The van der Waals surface area contributed by atoms with E-state index in [1.807, 2.05) is 27.3 Å². The van der Waals surface area contributed by atoms with Crippen molar-refractivity contribution in [2.75, 3.05) is 39.3 Å². The summed E-state index contributed by atoms with van der Waals surface area (Å²) in [6.45, 7) is 3.41. The highest BCUT2D eigenvalue weighted by Crippen LogP contribution is 2.24. The van der Waals surface area contributed by atoms with Crippen LogP contribution in [0.5, 0.6) is 0 Å². The molecule has 8 heteroatoms. The van der Waals surface area contributed by atoms with Crippen LogP contribution in [0.3, 0.4) is 0 Å². The summed E-state index contributed by atoms with van der Waals surface area (Å²) in [5.41, 5.74) is 0. The number of piperazine rings is 1. The summed E-state index contributed by atoms with van der Waals surface area (Å²) in [4.78, 5) is 44.2. The lowest BCUT2D eigenvalue weighted by Gasteiger charge is -2.38. The van der Waals surface area contributed by atoms with Crippen molar-refractivity contribution in [2.45, 2.75) is 37.8 Å². The van der Waals surface area contributed by atoms with E-state index in [4.69, 9.17) is 4.74 Å². The highest BCUT2D eigenvalue weighted by Gasteiger charge is 2.39. The van der Waals surface area contributed by atoms with Crippen molar-refractivity contribution in [1.29, 1.82) is 0 Å². The Kier molecular flexibility index (Phi) is 5.45. The van der Waals surface area contributed by atoms with Gasteiger partial charge in [0, 0.05) is 39.3 Å². The minimum atomic E-state index is -0.375. The van der Waals surface area contributed by atoms with Crippen LogP contribution in [0.2, 0.25) is 0 Å². The molecule has 0 spiro atoms. The van der Waals surface area contributed by atoms with Crippen LogP contribution in [-0.2, 0) is 14.3 Å². The van der Waals surface area contributed by atoms with Crippen LogP contribution in [0.25, 0.3) is 0 Å². The molecule has 1 aromatic rings. The van der Waals surface area contributed by atoms with E-state index in [1.165, 1.54) is 11.3 Å². The normalized spacial score (nSPS) is 25.9. The minimum Gasteiger partial charge on any atom is -0.368 e. The summed E-state index contributed by atoms with van der Waals surface area (Å²) in [6, 6.07) is 3.29. The number of hydrogen-bond donors (Lipinski definition) is 0. The molecular formula is C19H25N3O4S. The van der Waals surface area contributed by atoms with Gasteiger partial charge in [0.25, 0.3) is 11.8 Å². The third kappa shape index (κ3) is 3.73. The van der Waals surface area contributed by atoms with E-state index in [0.29, 0.717) is 50.6 Å². The quantitative estimate of drug-likeness (QED) is 0.776. The second kappa shape index (κ2) is 7.98. The Morgan fingerprint density at radius 3 is 2.33 bits per heavy atom. The molecule has 27 heavy (non-hydrogen) atoms. The molecule has 0 aliphatic carbocycles. The average molecular weight is 391 g/mol. The Bertz CT molecular complexity index is 694. The highest BCUT2D eigenvalue weighted by atomic mass is 32.1. The van der Waals surface area contributed by atoms with E-state index in [0.717, 1.165) is 19.3 Å². The zero-order chi connectivity index (χ0) is 18.8. The smallest absolute Gasteiger partial charge is 0.264 e. The molecule has 4 rings (SSSR count). The van der Waals surface area contributed by atoms with Crippen LogP contribution < -0.4 is 0 Å². The zero-order valence-corrected chi connectivity index (χ0v) is 16.2. The first-order valence-corrected chi connectivity index (χ1v) is 10.6. The number of thiophene rings is 1. The maximum atomic E-state index is 13.0. The molecule has 3 fully saturated rings. The van der Waals surface area contributed by atoms with Gasteiger partial charge in [-0.05, 0) is 37.1 Å². The molecule has 3 saturated heterocycles. The van der Waals surface area contributed by atoms with Crippen LogP contribution >= 0.6 is 11.3 Å². The van der Waals surface area contributed by atoms with E-state index in [2.05, 4.69) is 0 Å². The van der Waals surface area contributed by atoms with Crippen LogP contribution in [0.4, 0.5) is 0 Å². The number of rotatable bonds is 3. The van der Waals surface area contributed by atoms with E-state index >= 15 is 0 Å². The number of amides is 3. The first-order valence-electron chi connectivity index (χ1n) is 9.69. The highest BCUT2D eigenvalue weighted by molar-refractivity contribution is 7.12. The largest absolute Gasteiger partial charge is 0.368 e. The number of carbonyl (C=O) groups is 3. The molecule has 3 amide bonds. The van der Waals surface area contributed by atoms with Crippen LogP contribution in [0.15, 0.2) is 17.5 Å². The van der Waals surface area contributed by atoms with Crippen molar-refractivity contribution >= 4 is 29.1 Å². The molecular weight excluding hydrogens is 366 g/mol. The Balaban J connectivity index is 1.34. The second-order valence-corrected chi connectivity index (χ2v) is 8.23. The number of carbonyl (C=O) groups excluding carboxylic acids is 3. The molecule has 3 aliphatic heterocycles. The molecule has 1 aromatic heterocycles. The van der Waals surface area contributed by atoms with Gasteiger partial charge >= 0.3 is 0 Å². The Morgan fingerprint density at radius 2 is 1.70 bits per heavy atom. The fourth-order valence-electron chi connectivity index (χ4n) is 4.14. The van der Waals surface area contributed by atoms with Crippen molar-refractivity contribution in [2.24, 2.45) is 0 Å². The fourth-order valence-corrected chi connectivity index (χ4v) is 4.82. The lowest BCUT2D eigenvalue weighted by atomic mass is 10.1. The number of likely N-dealkylation sites (tertiary alicyclic amines) is 1.